The van der Waals surface area contributed by atoms with Crippen LogP contribution in [-0.2, 0) is 17.9 Å². The summed E-state index contributed by atoms with van der Waals surface area (Å²) in [6, 6.07) is 8.66. The van der Waals surface area contributed by atoms with E-state index in [1.54, 1.807) is 7.11 Å². The van der Waals surface area contributed by atoms with Crippen molar-refractivity contribution in [1.29, 1.82) is 0 Å². The molecule has 2 nitrogen and oxygen atoms in total. The van der Waals surface area contributed by atoms with Crippen LogP contribution in [0.1, 0.15) is 37.3 Å². The number of methoxy groups -OCH3 is 1. The Hall–Kier alpha value is -0.860. The van der Waals surface area contributed by atoms with Gasteiger partial charge in [0.25, 0.3) is 0 Å². The van der Waals surface area contributed by atoms with E-state index in [-0.39, 0.29) is 0 Å². The Labute approximate surface area is 104 Å². The average Bonchev–Trinajstić information content (AvgIpc) is 2.30. The van der Waals surface area contributed by atoms with Gasteiger partial charge in [-0.15, -0.1) is 0 Å². The zero-order valence-electron chi connectivity index (χ0n) is 11.0. The topological polar surface area (TPSA) is 21.3 Å². The van der Waals surface area contributed by atoms with Gasteiger partial charge in [0.15, 0.2) is 0 Å². The summed E-state index contributed by atoms with van der Waals surface area (Å²) >= 11 is 0. The van der Waals surface area contributed by atoms with Crippen molar-refractivity contribution >= 4 is 0 Å². The molecule has 1 fully saturated rings. The average molecular weight is 233 g/mol. The fourth-order valence-corrected chi connectivity index (χ4v) is 2.39. The number of ether oxygens (including phenoxy) is 1. The molecule has 0 heterocycles. The Morgan fingerprint density at radius 1 is 1.18 bits per heavy atom. The first-order chi connectivity index (χ1) is 8.22. The maximum Gasteiger partial charge on any atom is 0.0713 e. The molecule has 0 atom stereocenters. The van der Waals surface area contributed by atoms with Gasteiger partial charge in [-0.3, -0.25) is 0 Å². The minimum absolute atomic E-state index is 0.565. The van der Waals surface area contributed by atoms with Crippen molar-refractivity contribution in [2.45, 2.75) is 39.3 Å². The Morgan fingerprint density at radius 2 is 1.82 bits per heavy atom. The molecule has 2 heteroatoms. The Balaban J connectivity index is 1.75. The quantitative estimate of drug-likeness (QED) is 0.815. The molecule has 1 N–H and O–H groups in total. The molecule has 1 saturated carbocycles. The SMILES string of the molecule is COCc1ccc(CNCC2(C)CCC2)cc1. The van der Waals surface area contributed by atoms with Gasteiger partial charge in [-0.1, -0.05) is 37.6 Å². The van der Waals surface area contributed by atoms with Gasteiger partial charge in [0.1, 0.15) is 0 Å². The molecular formula is C15H23NO. The molecule has 1 aromatic rings. The maximum absolute atomic E-state index is 5.10. The molecule has 17 heavy (non-hydrogen) atoms. The first-order valence-corrected chi connectivity index (χ1v) is 6.49. The Bertz CT molecular complexity index is 340. The zero-order valence-corrected chi connectivity index (χ0v) is 11.0. The van der Waals surface area contributed by atoms with Crippen molar-refractivity contribution in [2.24, 2.45) is 5.41 Å². The summed E-state index contributed by atoms with van der Waals surface area (Å²) in [6.45, 7) is 5.20. The number of hydrogen-bond acceptors (Lipinski definition) is 2. The third-order valence-electron chi connectivity index (χ3n) is 3.78. The van der Waals surface area contributed by atoms with Crippen LogP contribution in [0, 0.1) is 5.41 Å². The van der Waals surface area contributed by atoms with E-state index >= 15 is 0 Å². The summed E-state index contributed by atoms with van der Waals surface area (Å²) in [5, 5.41) is 3.56. The Kier molecular flexibility index (Phi) is 4.19. The van der Waals surface area contributed by atoms with Gasteiger partial charge >= 0.3 is 0 Å². The zero-order chi connectivity index (χ0) is 12.1. The fourth-order valence-electron chi connectivity index (χ4n) is 2.39. The minimum Gasteiger partial charge on any atom is -0.380 e. The number of hydrogen-bond donors (Lipinski definition) is 1. The van der Waals surface area contributed by atoms with E-state index in [9.17, 15) is 0 Å². The van der Waals surface area contributed by atoms with Crippen molar-refractivity contribution in [1.82, 2.24) is 5.32 Å². The molecule has 0 bridgehead atoms. The third-order valence-corrected chi connectivity index (χ3v) is 3.78. The molecule has 1 aromatic carbocycles. The summed E-state index contributed by atoms with van der Waals surface area (Å²) < 4.78 is 5.10. The predicted molar refractivity (Wildman–Crippen MR) is 70.8 cm³/mol. The first kappa shape index (κ1) is 12.6. The van der Waals surface area contributed by atoms with E-state index in [1.165, 1.54) is 30.4 Å². The highest BCUT2D eigenvalue weighted by Gasteiger charge is 2.30. The van der Waals surface area contributed by atoms with Crippen molar-refractivity contribution in [2.75, 3.05) is 13.7 Å². The number of rotatable bonds is 6. The molecule has 1 aliphatic carbocycles. The lowest BCUT2D eigenvalue weighted by Gasteiger charge is -2.38. The van der Waals surface area contributed by atoms with Gasteiger partial charge in [0.2, 0.25) is 0 Å². The molecule has 0 unspecified atom stereocenters. The van der Waals surface area contributed by atoms with Crippen molar-refractivity contribution in [3.63, 3.8) is 0 Å². The first-order valence-electron chi connectivity index (χ1n) is 6.49. The van der Waals surface area contributed by atoms with Crippen LogP contribution in [0.25, 0.3) is 0 Å². The van der Waals surface area contributed by atoms with Crippen LogP contribution >= 0.6 is 0 Å². The normalized spacial score (nSPS) is 17.8. The van der Waals surface area contributed by atoms with E-state index in [1.807, 2.05) is 0 Å². The molecule has 0 aliphatic heterocycles. The molecule has 1 aliphatic rings. The molecule has 2 rings (SSSR count). The molecule has 0 saturated heterocycles. The summed E-state index contributed by atoms with van der Waals surface area (Å²) in [7, 11) is 1.73. The predicted octanol–water partition coefficient (Wildman–Crippen LogP) is 3.11. The monoisotopic (exact) mass is 233 g/mol. The maximum atomic E-state index is 5.10. The highest BCUT2D eigenvalue weighted by atomic mass is 16.5. The van der Waals surface area contributed by atoms with Crippen LogP contribution in [0.15, 0.2) is 24.3 Å². The second-order valence-corrected chi connectivity index (χ2v) is 5.52. The smallest absolute Gasteiger partial charge is 0.0713 e. The van der Waals surface area contributed by atoms with Crippen LogP contribution in [0.5, 0.6) is 0 Å². The number of benzene rings is 1. The molecular weight excluding hydrogens is 210 g/mol. The summed E-state index contributed by atoms with van der Waals surface area (Å²) in [5.74, 6) is 0. The van der Waals surface area contributed by atoms with Gasteiger partial charge in [0.05, 0.1) is 6.61 Å². The van der Waals surface area contributed by atoms with E-state index in [4.69, 9.17) is 4.74 Å². The molecule has 0 spiro atoms. The lowest BCUT2D eigenvalue weighted by molar-refractivity contribution is 0.156. The second-order valence-electron chi connectivity index (χ2n) is 5.52. The van der Waals surface area contributed by atoms with Gasteiger partial charge in [-0.25, -0.2) is 0 Å². The molecule has 94 valence electrons. The van der Waals surface area contributed by atoms with Gasteiger partial charge in [-0.05, 0) is 29.4 Å². The number of nitrogens with one attached hydrogen (secondary N) is 1. The minimum atomic E-state index is 0.565. The second kappa shape index (κ2) is 5.65. The highest BCUT2D eigenvalue weighted by Crippen LogP contribution is 2.39. The molecule has 0 radical (unpaired) electrons. The van der Waals surface area contributed by atoms with Crippen LogP contribution in [0.4, 0.5) is 0 Å². The van der Waals surface area contributed by atoms with E-state index in [0.717, 1.165) is 13.1 Å². The van der Waals surface area contributed by atoms with Crippen LogP contribution in [0.2, 0.25) is 0 Å². The van der Waals surface area contributed by atoms with Crippen molar-refractivity contribution < 1.29 is 4.74 Å². The van der Waals surface area contributed by atoms with Gasteiger partial charge < -0.3 is 10.1 Å². The van der Waals surface area contributed by atoms with Crippen LogP contribution in [-0.4, -0.2) is 13.7 Å². The largest absolute Gasteiger partial charge is 0.380 e. The summed E-state index contributed by atoms with van der Waals surface area (Å²) in [5.41, 5.74) is 3.16. The Morgan fingerprint density at radius 3 is 2.35 bits per heavy atom. The van der Waals surface area contributed by atoms with Crippen molar-refractivity contribution in [3.05, 3.63) is 35.4 Å². The molecule has 0 amide bonds. The van der Waals surface area contributed by atoms with Gasteiger partial charge in [-0.2, -0.15) is 0 Å². The lowest BCUT2D eigenvalue weighted by Crippen LogP contribution is -2.36. The van der Waals surface area contributed by atoms with Crippen LogP contribution < -0.4 is 5.32 Å². The summed E-state index contributed by atoms with van der Waals surface area (Å²) in [6.07, 6.45) is 4.17. The fraction of sp³-hybridized carbons (Fsp3) is 0.600. The standard InChI is InChI=1S/C15H23NO/c1-15(8-3-9-15)12-16-10-13-4-6-14(7-5-13)11-17-2/h4-7,16H,3,8-12H2,1-2H3. The van der Waals surface area contributed by atoms with E-state index < -0.39 is 0 Å². The summed E-state index contributed by atoms with van der Waals surface area (Å²) in [4.78, 5) is 0. The van der Waals surface area contributed by atoms with Crippen LogP contribution in [0.3, 0.4) is 0 Å². The highest BCUT2D eigenvalue weighted by molar-refractivity contribution is 5.21. The lowest BCUT2D eigenvalue weighted by atomic mass is 9.70. The van der Waals surface area contributed by atoms with Gasteiger partial charge in [0, 0.05) is 20.2 Å². The molecule has 0 aromatic heterocycles. The van der Waals surface area contributed by atoms with E-state index in [0.29, 0.717) is 12.0 Å². The van der Waals surface area contributed by atoms with E-state index in [2.05, 4.69) is 36.5 Å². The van der Waals surface area contributed by atoms with Crippen molar-refractivity contribution in [3.8, 4) is 0 Å². The third kappa shape index (κ3) is 3.55.